The Morgan fingerprint density at radius 3 is 2.50 bits per heavy atom. The number of benzene rings is 1. The Kier molecular flexibility index (Phi) is 3.45. The van der Waals surface area contributed by atoms with E-state index < -0.39 is 17.5 Å². The summed E-state index contributed by atoms with van der Waals surface area (Å²) in [6.45, 7) is 4.46. The lowest BCUT2D eigenvalue weighted by Gasteiger charge is -2.22. The van der Waals surface area contributed by atoms with Crippen molar-refractivity contribution < 1.29 is 14.0 Å². The molecule has 0 bridgehead atoms. The lowest BCUT2D eigenvalue weighted by molar-refractivity contribution is -0.114. The molecule has 18 heavy (non-hydrogen) atoms. The Labute approximate surface area is 106 Å². The number of anilines is 1. The Morgan fingerprint density at radius 2 is 1.89 bits per heavy atom. The third-order valence-electron chi connectivity index (χ3n) is 3.54. The van der Waals surface area contributed by atoms with Gasteiger partial charge in [-0.15, -0.1) is 0 Å². The fourth-order valence-electron chi connectivity index (χ4n) is 2.29. The summed E-state index contributed by atoms with van der Waals surface area (Å²) in [5.74, 6) is -1.43. The van der Waals surface area contributed by atoms with Crippen molar-refractivity contribution in [3.05, 3.63) is 29.6 Å². The molecule has 1 aliphatic rings. The summed E-state index contributed by atoms with van der Waals surface area (Å²) in [5.41, 5.74) is 0.338. The van der Waals surface area contributed by atoms with Crippen LogP contribution in [0.5, 0.6) is 0 Å². The molecule has 2 rings (SSSR count). The second-order valence-electron chi connectivity index (χ2n) is 4.56. The number of para-hydroxylation sites is 1. The molecule has 0 atom stereocenters. The van der Waals surface area contributed by atoms with Gasteiger partial charge in [0.1, 0.15) is 5.82 Å². The number of ketones is 1. The van der Waals surface area contributed by atoms with Crippen molar-refractivity contribution in [2.75, 3.05) is 11.4 Å². The molecule has 1 aliphatic heterocycles. The smallest absolute Gasteiger partial charge is 0.299 e. The Bertz CT molecular complexity index is 495. The summed E-state index contributed by atoms with van der Waals surface area (Å²) in [6.07, 6.45) is 1.80. The first-order valence-corrected chi connectivity index (χ1v) is 6.24. The lowest BCUT2D eigenvalue weighted by Crippen LogP contribution is -2.34. The van der Waals surface area contributed by atoms with Crippen LogP contribution in [0.2, 0.25) is 0 Å². The average Bonchev–Trinajstić information content (AvgIpc) is 2.62. The number of halogens is 1. The molecule has 0 unspecified atom stereocenters. The predicted molar refractivity (Wildman–Crippen MR) is 67.2 cm³/mol. The van der Waals surface area contributed by atoms with E-state index >= 15 is 0 Å². The van der Waals surface area contributed by atoms with E-state index in [1.807, 2.05) is 13.8 Å². The van der Waals surface area contributed by atoms with Crippen LogP contribution in [0.1, 0.15) is 37.0 Å². The van der Waals surface area contributed by atoms with Gasteiger partial charge >= 0.3 is 0 Å². The minimum Gasteiger partial charge on any atom is -0.302 e. The number of carbonyl (C=O) groups excluding carboxylic acids is 2. The molecule has 0 N–H and O–H groups in total. The first-order valence-electron chi connectivity index (χ1n) is 6.24. The fraction of sp³-hybridized carbons (Fsp3) is 0.429. The number of carbonyl (C=O) groups is 2. The minimum absolute atomic E-state index is 0.152. The number of amides is 1. The predicted octanol–water partition coefficient (Wildman–Crippen LogP) is 2.79. The van der Waals surface area contributed by atoms with Gasteiger partial charge in [0.25, 0.3) is 11.7 Å². The highest BCUT2D eigenvalue weighted by Gasteiger charge is 2.38. The molecule has 1 aromatic carbocycles. The van der Waals surface area contributed by atoms with E-state index in [9.17, 15) is 14.0 Å². The normalized spacial score (nSPS) is 14.6. The van der Waals surface area contributed by atoms with Crippen LogP contribution in [0, 0.1) is 11.7 Å². The molecule has 0 saturated carbocycles. The quantitative estimate of drug-likeness (QED) is 0.769. The highest BCUT2D eigenvalue weighted by molar-refractivity contribution is 6.52. The third kappa shape index (κ3) is 1.92. The highest BCUT2D eigenvalue weighted by Crippen LogP contribution is 2.32. The second-order valence-corrected chi connectivity index (χ2v) is 4.56. The summed E-state index contributed by atoms with van der Waals surface area (Å²) >= 11 is 0. The van der Waals surface area contributed by atoms with Crippen LogP contribution in [0.3, 0.4) is 0 Å². The standard InChI is InChI=1S/C14H16FNO2/c1-3-9(4-2)8-16-12-10(13(17)14(16)18)6-5-7-11(12)15/h5-7,9H,3-4,8H2,1-2H3. The van der Waals surface area contributed by atoms with E-state index in [0.717, 1.165) is 12.8 Å². The number of nitrogens with zero attached hydrogens (tertiary/aromatic N) is 1. The number of rotatable bonds is 4. The Hall–Kier alpha value is -1.71. The number of Topliss-reactive ketones (excluding diaryl/α,β-unsaturated/α-hetero) is 1. The summed E-state index contributed by atoms with van der Waals surface area (Å²) in [5, 5.41) is 0. The van der Waals surface area contributed by atoms with Crippen LogP contribution in [0.25, 0.3) is 0 Å². The topological polar surface area (TPSA) is 37.4 Å². The van der Waals surface area contributed by atoms with Crippen molar-refractivity contribution in [1.82, 2.24) is 0 Å². The van der Waals surface area contributed by atoms with Crippen molar-refractivity contribution in [3.63, 3.8) is 0 Å². The van der Waals surface area contributed by atoms with E-state index in [0.29, 0.717) is 6.54 Å². The molecule has 1 aromatic rings. The van der Waals surface area contributed by atoms with Gasteiger partial charge in [0.15, 0.2) is 0 Å². The molecular formula is C14H16FNO2. The van der Waals surface area contributed by atoms with Crippen LogP contribution < -0.4 is 4.90 Å². The number of hydrogen-bond donors (Lipinski definition) is 0. The van der Waals surface area contributed by atoms with Gasteiger partial charge in [-0.2, -0.15) is 0 Å². The average molecular weight is 249 g/mol. The molecule has 1 amide bonds. The molecule has 0 radical (unpaired) electrons. The van der Waals surface area contributed by atoms with Gasteiger partial charge in [-0.25, -0.2) is 4.39 Å². The summed E-state index contributed by atoms with van der Waals surface area (Å²) < 4.78 is 13.8. The van der Waals surface area contributed by atoms with Gasteiger partial charge in [-0.1, -0.05) is 32.8 Å². The van der Waals surface area contributed by atoms with Gasteiger partial charge < -0.3 is 4.90 Å². The largest absolute Gasteiger partial charge is 0.302 e. The first-order chi connectivity index (χ1) is 8.60. The van der Waals surface area contributed by atoms with E-state index in [2.05, 4.69) is 0 Å². The van der Waals surface area contributed by atoms with Gasteiger partial charge in [0.2, 0.25) is 0 Å². The van der Waals surface area contributed by atoms with E-state index in [1.165, 1.54) is 23.1 Å². The van der Waals surface area contributed by atoms with Gasteiger partial charge in [0.05, 0.1) is 11.3 Å². The van der Waals surface area contributed by atoms with Crippen molar-refractivity contribution in [2.45, 2.75) is 26.7 Å². The number of hydrogen-bond acceptors (Lipinski definition) is 2. The Balaban J connectivity index is 2.39. The van der Waals surface area contributed by atoms with E-state index in [4.69, 9.17) is 0 Å². The SMILES string of the molecule is CCC(CC)CN1C(=O)C(=O)c2cccc(F)c21. The minimum atomic E-state index is -0.609. The van der Waals surface area contributed by atoms with Gasteiger partial charge in [0, 0.05) is 6.54 Å². The van der Waals surface area contributed by atoms with Gasteiger partial charge in [-0.3, -0.25) is 9.59 Å². The van der Waals surface area contributed by atoms with Crippen LogP contribution >= 0.6 is 0 Å². The zero-order valence-corrected chi connectivity index (χ0v) is 10.6. The molecule has 0 fully saturated rings. The first kappa shape index (κ1) is 12.7. The van der Waals surface area contributed by atoms with Crippen LogP contribution in [0.4, 0.5) is 10.1 Å². The zero-order chi connectivity index (χ0) is 13.3. The van der Waals surface area contributed by atoms with Crippen LogP contribution in [-0.2, 0) is 4.79 Å². The summed E-state index contributed by atoms with van der Waals surface area (Å²) in [7, 11) is 0. The van der Waals surface area contributed by atoms with Crippen LogP contribution in [0.15, 0.2) is 18.2 Å². The van der Waals surface area contributed by atoms with E-state index in [-0.39, 0.29) is 17.2 Å². The zero-order valence-electron chi connectivity index (χ0n) is 10.6. The maximum atomic E-state index is 13.8. The van der Waals surface area contributed by atoms with E-state index in [1.54, 1.807) is 0 Å². The molecule has 0 spiro atoms. The molecule has 3 nitrogen and oxygen atoms in total. The number of fused-ring (bicyclic) bond motifs is 1. The lowest BCUT2D eigenvalue weighted by atomic mass is 10.0. The second kappa shape index (κ2) is 4.88. The summed E-state index contributed by atoms with van der Waals surface area (Å²) in [4.78, 5) is 24.9. The van der Waals surface area contributed by atoms with Crippen molar-refractivity contribution in [3.8, 4) is 0 Å². The van der Waals surface area contributed by atoms with Crippen molar-refractivity contribution >= 4 is 17.4 Å². The maximum Gasteiger partial charge on any atom is 0.299 e. The molecule has 0 saturated heterocycles. The molecule has 1 heterocycles. The van der Waals surface area contributed by atoms with Crippen molar-refractivity contribution in [2.24, 2.45) is 5.92 Å². The molecule has 0 aliphatic carbocycles. The molecule has 4 heteroatoms. The molecule has 96 valence electrons. The van der Waals surface area contributed by atoms with Crippen LogP contribution in [-0.4, -0.2) is 18.2 Å². The van der Waals surface area contributed by atoms with Crippen molar-refractivity contribution in [1.29, 1.82) is 0 Å². The third-order valence-corrected chi connectivity index (χ3v) is 3.54. The molecular weight excluding hydrogens is 233 g/mol. The fourth-order valence-corrected chi connectivity index (χ4v) is 2.29. The highest BCUT2D eigenvalue weighted by atomic mass is 19.1. The molecule has 0 aromatic heterocycles. The maximum absolute atomic E-state index is 13.8. The monoisotopic (exact) mass is 249 g/mol. The Morgan fingerprint density at radius 1 is 1.22 bits per heavy atom. The summed E-state index contributed by atoms with van der Waals surface area (Å²) in [6, 6.07) is 4.25. The van der Waals surface area contributed by atoms with Gasteiger partial charge in [-0.05, 0) is 18.1 Å².